The minimum atomic E-state index is -3.24. The van der Waals surface area contributed by atoms with Crippen molar-refractivity contribution >= 4 is 9.84 Å². The molecule has 0 unspecified atom stereocenters. The first kappa shape index (κ1) is 18.5. The second-order valence-corrected chi connectivity index (χ2v) is 12.4. The standard InChI is InChI=1S/C22H32O3S/c1-20(2)13-19(26(24,25)14-16-7-5-4-6-8-16)22-12-10-18(23)21(3,15-22)11-9-17(20)22/h4-8,17-19,23H,9-15H2,1-3H3/t17-,18+,19-,21+,22-/m0/s1. The van der Waals surface area contributed by atoms with Crippen molar-refractivity contribution in [3.63, 3.8) is 0 Å². The molecule has 1 aromatic carbocycles. The van der Waals surface area contributed by atoms with Crippen LogP contribution < -0.4 is 0 Å². The van der Waals surface area contributed by atoms with E-state index in [1.54, 1.807) is 0 Å². The van der Waals surface area contributed by atoms with E-state index in [4.69, 9.17) is 0 Å². The van der Waals surface area contributed by atoms with Crippen molar-refractivity contribution in [1.29, 1.82) is 0 Å². The van der Waals surface area contributed by atoms with E-state index in [-0.39, 0.29) is 33.4 Å². The van der Waals surface area contributed by atoms with Crippen LogP contribution in [0, 0.1) is 22.2 Å². The number of hydrogen-bond donors (Lipinski definition) is 1. The molecule has 26 heavy (non-hydrogen) atoms. The second-order valence-electron chi connectivity index (χ2n) is 10.2. The molecule has 0 heterocycles. The van der Waals surface area contributed by atoms with Crippen LogP contribution in [0.5, 0.6) is 0 Å². The number of aliphatic hydroxyl groups excluding tert-OH is 1. The minimum Gasteiger partial charge on any atom is -0.393 e. The van der Waals surface area contributed by atoms with E-state index in [2.05, 4.69) is 20.8 Å². The van der Waals surface area contributed by atoms with Gasteiger partial charge in [0.05, 0.1) is 17.1 Å². The Labute approximate surface area is 158 Å². The zero-order valence-corrected chi connectivity index (χ0v) is 17.1. The zero-order valence-electron chi connectivity index (χ0n) is 16.2. The van der Waals surface area contributed by atoms with Gasteiger partial charge in [-0.2, -0.15) is 0 Å². The Morgan fingerprint density at radius 1 is 1.08 bits per heavy atom. The highest BCUT2D eigenvalue weighted by atomic mass is 32.2. The smallest absolute Gasteiger partial charge is 0.157 e. The van der Waals surface area contributed by atoms with Gasteiger partial charge in [-0.15, -0.1) is 0 Å². The Bertz CT molecular complexity index is 785. The molecule has 3 nitrogen and oxygen atoms in total. The molecule has 0 saturated heterocycles. The largest absolute Gasteiger partial charge is 0.393 e. The van der Waals surface area contributed by atoms with Gasteiger partial charge in [-0.1, -0.05) is 51.1 Å². The monoisotopic (exact) mass is 376 g/mol. The van der Waals surface area contributed by atoms with Crippen molar-refractivity contribution in [2.75, 3.05) is 0 Å². The third-order valence-electron chi connectivity index (χ3n) is 8.06. The zero-order chi connectivity index (χ0) is 18.8. The molecule has 4 heteroatoms. The van der Waals surface area contributed by atoms with Gasteiger partial charge in [0.25, 0.3) is 0 Å². The topological polar surface area (TPSA) is 54.4 Å². The van der Waals surface area contributed by atoms with Gasteiger partial charge in [0.2, 0.25) is 0 Å². The van der Waals surface area contributed by atoms with E-state index < -0.39 is 9.84 Å². The number of fused-ring (bicyclic) bond motifs is 1. The lowest BCUT2D eigenvalue weighted by molar-refractivity contribution is -0.115. The molecule has 4 rings (SSSR count). The normalized spacial score (nSPS) is 41.6. The van der Waals surface area contributed by atoms with Crippen molar-refractivity contribution in [3.05, 3.63) is 35.9 Å². The van der Waals surface area contributed by atoms with Crippen molar-refractivity contribution < 1.29 is 13.5 Å². The Kier molecular flexibility index (Phi) is 4.13. The fourth-order valence-corrected chi connectivity index (χ4v) is 9.53. The maximum Gasteiger partial charge on any atom is 0.157 e. The van der Waals surface area contributed by atoms with Gasteiger partial charge >= 0.3 is 0 Å². The van der Waals surface area contributed by atoms with Crippen molar-refractivity contribution in [3.8, 4) is 0 Å². The van der Waals surface area contributed by atoms with Gasteiger partial charge in [-0.05, 0) is 66.3 Å². The summed E-state index contributed by atoms with van der Waals surface area (Å²) in [6.07, 6.45) is 5.03. The van der Waals surface area contributed by atoms with Crippen molar-refractivity contribution in [2.24, 2.45) is 22.2 Å². The maximum atomic E-state index is 13.6. The first-order valence-corrected chi connectivity index (χ1v) is 11.7. The van der Waals surface area contributed by atoms with Crippen LogP contribution in [0.15, 0.2) is 30.3 Å². The lowest BCUT2D eigenvalue weighted by Gasteiger charge is -2.58. The van der Waals surface area contributed by atoms with Crippen molar-refractivity contribution in [1.82, 2.24) is 0 Å². The third-order valence-corrected chi connectivity index (χ3v) is 10.3. The molecule has 3 aliphatic carbocycles. The van der Waals surface area contributed by atoms with Crippen LogP contribution in [-0.4, -0.2) is 24.9 Å². The van der Waals surface area contributed by atoms with Gasteiger partial charge < -0.3 is 5.11 Å². The molecule has 3 fully saturated rings. The van der Waals surface area contributed by atoms with Gasteiger partial charge in [-0.3, -0.25) is 0 Å². The summed E-state index contributed by atoms with van der Waals surface area (Å²) in [5, 5.41) is 10.3. The van der Waals surface area contributed by atoms with Crippen LogP contribution in [0.3, 0.4) is 0 Å². The summed E-state index contributed by atoms with van der Waals surface area (Å²) < 4.78 is 27.1. The van der Waals surface area contributed by atoms with Crippen LogP contribution in [0.2, 0.25) is 0 Å². The Morgan fingerprint density at radius 2 is 1.77 bits per heavy atom. The summed E-state index contributed by atoms with van der Waals surface area (Å²) in [6.45, 7) is 6.72. The first-order chi connectivity index (χ1) is 12.1. The lowest BCUT2D eigenvalue weighted by Crippen LogP contribution is -2.55. The highest BCUT2D eigenvalue weighted by Crippen LogP contribution is 2.70. The van der Waals surface area contributed by atoms with Gasteiger partial charge in [0.1, 0.15) is 0 Å². The van der Waals surface area contributed by atoms with Crippen LogP contribution in [0.4, 0.5) is 0 Å². The SMILES string of the molecule is CC1(C)C[C@H](S(=O)(=O)Cc2ccccc2)[C@]23CC[C@@H](O)[C@](C)(CC[C@@H]12)C3. The van der Waals surface area contributed by atoms with E-state index in [9.17, 15) is 13.5 Å². The van der Waals surface area contributed by atoms with E-state index in [1.165, 1.54) is 0 Å². The molecule has 0 radical (unpaired) electrons. The van der Waals surface area contributed by atoms with Gasteiger partial charge in [0.15, 0.2) is 9.84 Å². The molecule has 0 aliphatic heterocycles. The average molecular weight is 377 g/mol. The molecule has 5 atom stereocenters. The summed E-state index contributed by atoms with van der Waals surface area (Å²) in [7, 11) is -3.24. The molecule has 144 valence electrons. The Morgan fingerprint density at radius 3 is 2.46 bits per heavy atom. The van der Waals surface area contributed by atoms with Crippen LogP contribution in [-0.2, 0) is 15.6 Å². The fourth-order valence-electron chi connectivity index (χ4n) is 6.91. The van der Waals surface area contributed by atoms with Crippen molar-refractivity contribution in [2.45, 2.75) is 76.4 Å². The first-order valence-electron chi connectivity index (χ1n) is 10.0. The summed E-state index contributed by atoms with van der Waals surface area (Å²) in [6, 6.07) is 9.60. The molecule has 1 aromatic rings. The van der Waals surface area contributed by atoms with Crippen LogP contribution >= 0.6 is 0 Å². The molecular weight excluding hydrogens is 344 g/mol. The molecule has 1 spiro atoms. The number of aliphatic hydroxyl groups is 1. The molecule has 1 N–H and O–H groups in total. The van der Waals surface area contributed by atoms with E-state index >= 15 is 0 Å². The highest BCUT2D eigenvalue weighted by Gasteiger charge is 2.67. The van der Waals surface area contributed by atoms with Crippen LogP contribution in [0.1, 0.15) is 64.9 Å². The number of hydrogen-bond acceptors (Lipinski definition) is 3. The number of rotatable bonds is 3. The predicted molar refractivity (Wildman–Crippen MR) is 104 cm³/mol. The molecular formula is C22H32O3S. The van der Waals surface area contributed by atoms with E-state index in [0.717, 1.165) is 44.1 Å². The molecule has 2 bridgehead atoms. The lowest BCUT2D eigenvalue weighted by atomic mass is 9.49. The van der Waals surface area contributed by atoms with E-state index in [0.29, 0.717) is 5.92 Å². The highest BCUT2D eigenvalue weighted by molar-refractivity contribution is 7.91. The Balaban J connectivity index is 1.74. The number of sulfone groups is 1. The fraction of sp³-hybridized carbons (Fsp3) is 0.727. The molecule has 0 amide bonds. The second kappa shape index (κ2) is 5.81. The van der Waals surface area contributed by atoms with Crippen LogP contribution in [0.25, 0.3) is 0 Å². The Hall–Kier alpha value is -0.870. The number of benzene rings is 1. The summed E-state index contributed by atoms with van der Waals surface area (Å²) in [5.41, 5.74) is 0.677. The molecule has 3 saturated carbocycles. The van der Waals surface area contributed by atoms with Gasteiger partial charge in [0, 0.05) is 0 Å². The summed E-state index contributed by atoms with van der Waals surface area (Å²) in [4.78, 5) is 0. The summed E-state index contributed by atoms with van der Waals surface area (Å²) in [5.74, 6) is 0.591. The molecule has 0 aromatic heterocycles. The molecule has 3 aliphatic rings. The quantitative estimate of drug-likeness (QED) is 0.853. The average Bonchev–Trinajstić information content (AvgIpc) is 2.79. The van der Waals surface area contributed by atoms with E-state index in [1.807, 2.05) is 30.3 Å². The third kappa shape index (κ3) is 2.67. The maximum absolute atomic E-state index is 13.6. The predicted octanol–water partition coefficient (Wildman–Crippen LogP) is 4.35. The van der Waals surface area contributed by atoms with Gasteiger partial charge in [-0.25, -0.2) is 8.42 Å². The summed E-state index contributed by atoms with van der Waals surface area (Å²) >= 11 is 0. The minimum absolute atomic E-state index is 0.0536.